The fraction of sp³-hybridized carbons (Fsp3) is 0.385. The first-order chi connectivity index (χ1) is 10.1. The summed E-state index contributed by atoms with van der Waals surface area (Å²) in [5, 5.41) is 7.13. The number of carbonyl (C=O) groups is 1. The van der Waals surface area contributed by atoms with E-state index in [1.165, 1.54) is 11.8 Å². The van der Waals surface area contributed by atoms with Crippen molar-refractivity contribution in [1.29, 1.82) is 0 Å². The Bertz CT molecular complexity index is 629. The molecule has 2 rings (SSSR count). The monoisotopic (exact) mass is 307 g/mol. The van der Waals surface area contributed by atoms with Gasteiger partial charge in [-0.05, 0) is 13.3 Å². The van der Waals surface area contributed by atoms with Crippen LogP contribution in [0.3, 0.4) is 0 Å². The molecule has 112 valence electrons. The third-order valence-corrected chi connectivity index (χ3v) is 3.59. The normalized spacial score (nSPS) is 10.6. The lowest BCUT2D eigenvalue weighted by Crippen LogP contribution is -2.07. The van der Waals surface area contributed by atoms with E-state index in [0.717, 1.165) is 17.7 Å². The Kier molecular flexibility index (Phi) is 5.15. The SMILES string of the molecule is CCOC(=O)c1[nH]ncc1CSc1nc(N)cc(CC)n1. The summed E-state index contributed by atoms with van der Waals surface area (Å²) in [5.74, 6) is 0.549. The first-order valence-corrected chi connectivity index (χ1v) is 7.58. The first-order valence-electron chi connectivity index (χ1n) is 6.59. The molecule has 3 N–H and O–H groups in total. The molecule has 2 aromatic rings. The molecular formula is C13H17N5O2S. The molecule has 0 bridgehead atoms. The number of H-pyrrole nitrogens is 1. The van der Waals surface area contributed by atoms with Crippen LogP contribution >= 0.6 is 11.8 Å². The van der Waals surface area contributed by atoms with Gasteiger partial charge >= 0.3 is 5.97 Å². The number of esters is 1. The summed E-state index contributed by atoms with van der Waals surface area (Å²) in [6.07, 6.45) is 2.40. The predicted octanol–water partition coefficient (Wildman–Crippen LogP) is 1.81. The van der Waals surface area contributed by atoms with Crippen molar-refractivity contribution in [3.8, 4) is 0 Å². The summed E-state index contributed by atoms with van der Waals surface area (Å²) in [5.41, 5.74) is 7.75. The van der Waals surface area contributed by atoms with Gasteiger partial charge in [0.1, 0.15) is 11.5 Å². The van der Waals surface area contributed by atoms with Crippen molar-refractivity contribution >= 4 is 23.5 Å². The third kappa shape index (κ3) is 3.94. The Morgan fingerprint density at radius 3 is 2.95 bits per heavy atom. The topological polar surface area (TPSA) is 107 Å². The van der Waals surface area contributed by atoms with Crippen LogP contribution in [0.2, 0.25) is 0 Å². The van der Waals surface area contributed by atoms with Gasteiger partial charge in [-0.3, -0.25) is 5.10 Å². The number of ether oxygens (including phenoxy) is 1. The summed E-state index contributed by atoms with van der Waals surface area (Å²) in [6, 6.07) is 1.76. The van der Waals surface area contributed by atoms with E-state index in [-0.39, 0.29) is 0 Å². The molecule has 0 aliphatic rings. The van der Waals surface area contributed by atoms with Crippen LogP contribution in [0, 0.1) is 0 Å². The molecule has 0 aliphatic carbocycles. The Labute approximate surface area is 126 Å². The molecule has 0 aliphatic heterocycles. The van der Waals surface area contributed by atoms with Crippen molar-refractivity contribution in [1.82, 2.24) is 20.2 Å². The van der Waals surface area contributed by atoms with Crippen molar-refractivity contribution in [2.75, 3.05) is 12.3 Å². The standard InChI is InChI=1S/C13H17N5O2S/c1-3-9-5-10(14)17-13(16-9)21-7-8-6-15-18-11(8)12(19)20-4-2/h5-6H,3-4,7H2,1-2H3,(H,15,18)(H2,14,16,17). The van der Waals surface area contributed by atoms with Crippen LogP contribution in [0.25, 0.3) is 0 Å². The fourth-order valence-electron chi connectivity index (χ4n) is 1.68. The number of nitrogens with one attached hydrogen (secondary N) is 1. The van der Waals surface area contributed by atoms with Gasteiger partial charge in [-0.1, -0.05) is 18.7 Å². The van der Waals surface area contributed by atoms with E-state index in [0.29, 0.717) is 29.0 Å². The summed E-state index contributed by atoms with van der Waals surface area (Å²) in [6.45, 7) is 4.09. The maximum atomic E-state index is 11.7. The molecule has 2 heterocycles. The van der Waals surface area contributed by atoms with Gasteiger partial charge in [-0.2, -0.15) is 5.10 Å². The van der Waals surface area contributed by atoms with Crippen LogP contribution < -0.4 is 5.73 Å². The number of nitrogen functional groups attached to an aromatic ring is 1. The molecule has 0 saturated heterocycles. The van der Waals surface area contributed by atoms with Gasteiger partial charge in [-0.25, -0.2) is 14.8 Å². The fourth-order valence-corrected chi connectivity index (χ4v) is 2.54. The summed E-state index contributed by atoms with van der Waals surface area (Å²) in [4.78, 5) is 20.3. The summed E-state index contributed by atoms with van der Waals surface area (Å²) >= 11 is 1.40. The lowest BCUT2D eigenvalue weighted by molar-refractivity contribution is 0.0518. The Hall–Kier alpha value is -2.09. The van der Waals surface area contributed by atoms with Crippen LogP contribution in [0.4, 0.5) is 5.82 Å². The van der Waals surface area contributed by atoms with Gasteiger partial charge in [0.25, 0.3) is 0 Å². The minimum Gasteiger partial charge on any atom is -0.461 e. The van der Waals surface area contributed by atoms with E-state index < -0.39 is 5.97 Å². The summed E-state index contributed by atoms with van der Waals surface area (Å²) in [7, 11) is 0. The van der Waals surface area contributed by atoms with Crippen molar-refractivity contribution in [3.63, 3.8) is 0 Å². The number of nitrogens with two attached hydrogens (primary N) is 1. The minimum absolute atomic E-state index is 0.322. The number of aryl methyl sites for hydroxylation is 1. The van der Waals surface area contributed by atoms with E-state index in [9.17, 15) is 4.79 Å². The molecule has 0 saturated carbocycles. The smallest absolute Gasteiger partial charge is 0.356 e. The number of nitrogens with zero attached hydrogens (tertiary/aromatic N) is 3. The molecule has 0 radical (unpaired) electrons. The zero-order valence-corrected chi connectivity index (χ0v) is 12.7. The number of rotatable bonds is 6. The van der Waals surface area contributed by atoms with Crippen molar-refractivity contribution in [2.45, 2.75) is 31.2 Å². The lowest BCUT2D eigenvalue weighted by Gasteiger charge is -2.04. The minimum atomic E-state index is -0.409. The highest BCUT2D eigenvalue weighted by molar-refractivity contribution is 7.98. The second-order valence-electron chi connectivity index (χ2n) is 4.20. The number of aromatic nitrogens is 4. The van der Waals surface area contributed by atoms with Crippen molar-refractivity contribution in [2.24, 2.45) is 0 Å². The van der Waals surface area contributed by atoms with Gasteiger partial charge in [0.05, 0.1) is 12.8 Å². The van der Waals surface area contributed by atoms with Crippen LogP contribution in [0.1, 0.15) is 35.6 Å². The number of hydrogen-bond donors (Lipinski definition) is 2. The predicted molar refractivity (Wildman–Crippen MR) is 79.9 cm³/mol. The van der Waals surface area contributed by atoms with Gasteiger partial charge in [-0.15, -0.1) is 0 Å². The number of hydrogen-bond acceptors (Lipinski definition) is 7. The van der Waals surface area contributed by atoms with Crippen LogP contribution in [0.5, 0.6) is 0 Å². The second kappa shape index (κ2) is 7.07. The molecular weight excluding hydrogens is 290 g/mol. The molecule has 0 unspecified atom stereocenters. The first kappa shape index (κ1) is 15.3. The highest BCUT2D eigenvalue weighted by Crippen LogP contribution is 2.22. The molecule has 0 fully saturated rings. The van der Waals surface area contributed by atoms with Crippen LogP contribution in [-0.2, 0) is 16.9 Å². The van der Waals surface area contributed by atoms with Crippen molar-refractivity contribution < 1.29 is 9.53 Å². The maximum absolute atomic E-state index is 11.7. The quantitative estimate of drug-likeness (QED) is 0.476. The van der Waals surface area contributed by atoms with Crippen LogP contribution in [-0.4, -0.2) is 32.7 Å². The molecule has 8 heteroatoms. The number of aromatic amines is 1. The molecule has 0 aromatic carbocycles. The molecule has 0 spiro atoms. The van der Waals surface area contributed by atoms with Gasteiger partial charge in [0.2, 0.25) is 0 Å². The molecule has 21 heavy (non-hydrogen) atoms. The van der Waals surface area contributed by atoms with Gasteiger partial charge in [0.15, 0.2) is 5.16 Å². The summed E-state index contributed by atoms with van der Waals surface area (Å²) < 4.78 is 4.96. The maximum Gasteiger partial charge on any atom is 0.356 e. The molecule has 2 aromatic heterocycles. The van der Waals surface area contributed by atoms with E-state index in [4.69, 9.17) is 10.5 Å². The number of carbonyl (C=O) groups excluding carboxylic acids is 1. The van der Waals surface area contributed by atoms with E-state index in [2.05, 4.69) is 20.2 Å². The lowest BCUT2D eigenvalue weighted by atomic mass is 10.3. The molecule has 0 atom stereocenters. The van der Waals surface area contributed by atoms with Crippen LogP contribution in [0.15, 0.2) is 17.4 Å². The Morgan fingerprint density at radius 2 is 2.24 bits per heavy atom. The van der Waals surface area contributed by atoms with Gasteiger partial charge < -0.3 is 10.5 Å². The van der Waals surface area contributed by atoms with Crippen molar-refractivity contribution in [3.05, 3.63) is 29.2 Å². The highest BCUT2D eigenvalue weighted by Gasteiger charge is 2.15. The third-order valence-electron chi connectivity index (χ3n) is 2.69. The average molecular weight is 307 g/mol. The second-order valence-corrected chi connectivity index (χ2v) is 5.14. The zero-order valence-electron chi connectivity index (χ0n) is 11.9. The number of anilines is 1. The molecule has 7 nitrogen and oxygen atoms in total. The van der Waals surface area contributed by atoms with E-state index in [1.54, 1.807) is 19.2 Å². The average Bonchev–Trinajstić information content (AvgIpc) is 2.93. The van der Waals surface area contributed by atoms with Gasteiger partial charge in [0, 0.05) is 23.1 Å². The zero-order chi connectivity index (χ0) is 15.2. The largest absolute Gasteiger partial charge is 0.461 e. The highest BCUT2D eigenvalue weighted by atomic mass is 32.2. The Morgan fingerprint density at radius 1 is 1.43 bits per heavy atom. The van der Waals surface area contributed by atoms with E-state index in [1.807, 2.05) is 6.92 Å². The van der Waals surface area contributed by atoms with E-state index >= 15 is 0 Å². The Balaban J connectivity index is 2.08. The molecule has 0 amide bonds. The number of thioether (sulfide) groups is 1.